The zero-order valence-corrected chi connectivity index (χ0v) is 25.6. The summed E-state index contributed by atoms with van der Waals surface area (Å²) in [6, 6.07) is 6.91. The van der Waals surface area contributed by atoms with Crippen LogP contribution in [0.5, 0.6) is 11.5 Å². The van der Waals surface area contributed by atoms with Crippen molar-refractivity contribution in [2.75, 3.05) is 20.1 Å². The van der Waals surface area contributed by atoms with E-state index < -0.39 is 30.5 Å². The molecule has 1 aliphatic heterocycles. The Bertz CT molecular complexity index is 1190. The number of hydrogen-bond acceptors (Lipinski definition) is 4. The van der Waals surface area contributed by atoms with E-state index in [0.717, 1.165) is 18.1 Å². The van der Waals surface area contributed by atoms with E-state index in [4.69, 9.17) is 14.2 Å². The van der Waals surface area contributed by atoms with E-state index in [1.165, 1.54) is 75.6 Å². The van der Waals surface area contributed by atoms with Crippen molar-refractivity contribution in [1.29, 1.82) is 0 Å². The van der Waals surface area contributed by atoms with Crippen molar-refractivity contribution in [3.8, 4) is 22.6 Å². The maximum absolute atomic E-state index is 15.2. The van der Waals surface area contributed by atoms with Crippen LogP contribution in [0.25, 0.3) is 11.1 Å². The first kappa shape index (κ1) is 33.0. The van der Waals surface area contributed by atoms with Gasteiger partial charge in [0, 0.05) is 23.5 Å². The van der Waals surface area contributed by atoms with Gasteiger partial charge in [-0.15, -0.1) is 0 Å². The standard InChI is InChI=1S/C35H45F5O4/c1-2-3-4-5-23-6-8-24(9-7-23)27-20-41-34(42-21-27)25-10-13-28(14-11-25)35(39,40)44-29-15-16-30(31(37)19-29)26-12-17-33(43-22-36)32(38)18-26/h12,15-19,23-25,27-28,34H,2-11,13-14,20-22H2,1H3. The second-order valence-corrected chi connectivity index (χ2v) is 12.9. The minimum Gasteiger partial charge on any atom is -0.460 e. The first-order valence-corrected chi connectivity index (χ1v) is 16.4. The van der Waals surface area contributed by atoms with Crippen LogP contribution in [0.2, 0.25) is 0 Å². The molecule has 0 N–H and O–H groups in total. The highest BCUT2D eigenvalue weighted by Crippen LogP contribution is 2.44. The quantitative estimate of drug-likeness (QED) is 0.174. The molecule has 9 heteroatoms. The van der Waals surface area contributed by atoms with Crippen molar-refractivity contribution < 1.29 is 40.9 Å². The lowest BCUT2D eigenvalue weighted by Gasteiger charge is -2.41. The Morgan fingerprint density at radius 1 is 0.795 bits per heavy atom. The molecule has 44 heavy (non-hydrogen) atoms. The van der Waals surface area contributed by atoms with E-state index in [2.05, 4.69) is 11.7 Å². The van der Waals surface area contributed by atoms with E-state index >= 15 is 8.78 Å². The highest BCUT2D eigenvalue weighted by Gasteiger charge is 2.46. The maximum atomic E-state index is 15.2. The molecule has 0 atom stereocenters. The van der Waals surface area contributed by atoms with E-state index in [0.29, 0.717) is 37.9 Å². The topological polar surface area (TPSA) is 36.9 Å². The molecule has 244 valence electrons. The third-order valence-corrected chi connectivity index (χ3v) is 10.0. The Balaban J connectivity index is 1.07. The molecule has 2 aromatic rings. The van der Waals surface area contributed by atoms with Gasteiger partial charge in [0.25, 0.3) is 0 Å². The third kappa shape index (κ3) is 8.25. The van der Waals surface area contributed by atoms with Gasteiger partial charge in [-0.2, -0.15) is 8.78 Å². The maximum Gasteiger partial charge on any atom is 0.400 e. The molecule has 0 aromatic heterocycles. The third-order valence-electron chi connectivity index (χ3n) is 10.0. The number of halogens is 5. The van der Waals surface area contributed by atoms with Gasteiger partial charge in [-0.1, -0.05) is 51.5 Å². The summed E-state index contributed by atoms with van der Waals surface area (Å²) in [5, 5.41) is 0. The SMILES string of the molecule is CCCCCC1CCC(C2COC(C3CCC(C(F)(F)Oc4ccc(-c5ccc(OCF)c(F)c5)c(F)c4)CC3)OC2)CC1. The minimum atomic E-state index is -3.48. The largest absolute Gasteiger partial charge is 0.460 e. The number of unbranched alkanes of at least 4 members (excludes halogenated alkanes) is 2. The van der Waals surface area contributed by atoms with Gasteiger partial charge in [0.1, 0.15) is 11.6 Å². The molecule has 3 fully saturated rings. The van der Waals surface area contributed by atoms with Gasteiger partial charge in [0.15, 0.2) is 17.9 Å². The van der Waals surface area contributed by atoms with Crippen molar-refractivity contribution in [3.05, 3.63) is 48.0 Å². The predicted octanol–water partition coefficient (Wildman–Crippen LogP) is 10.1. The van der Waals surface area contributed by atoms with Crippen LogP contribution in [-0.2, 0) is 9.47 Å². The van der Waals surface area contributed by atoms with Crippen LogP contribution in [0.4, 0.5) is 22.0 Å². The second kappa shape index (κ2) is 15.3. The zero-order chi connectivity index (χ0) is 31.1. The summed E-state index contributed by atoms with van der Waals surface area (Å²) in [5.41, 5.74) is 0.156. The summed E-state index contributed by atoms with van der Waals surface area (Å²) in [6.45, 7) is 2.41. The molecule has 5 rings (SSSR count). The fourth-order valence-electron chi connectivity index (χ4n) is 7.31. The zero-order valence-electron chi connectivity index (χ0n) is 25.6. The van der Waals surface area contributed by atoms with Crippen molar-refractivity contribution in [1.82, 2.24) is 0 Å². The fourth-order valence-corrected chi connectivity index (χ4v) is 7.31. The molecule has 2 aromatic carbocycles. The van der Waals surface area contributed by atoms with Gasteiger partial charge >= 0.3 is 6.11 Å². The van der Waals surface area contributed by atoms with Crippen LogP contribution < -0.4 is 9.47 Å². The Hall–Kier alpha value is -2.39. The van der Waals surface area contributed by atoms with Crippen LogP contribution in [0.15, 0.2) is 36.4 Å². The average Bonchev–Trinajstić information content (AvgIpc) is 3.03. The number of ether oxygens (including phenoxy) is 4. The van der Waals surface area contributed by atoms with Gasteiger partial charge in [0.05, 0.1) is 19.1 Å². The first-order valence-electron chi connectivity index (χ1n) is 16.4. The highest BCUT2D eigenvalue weighted by atomic mass is 19.3. The van der Waals surface area contributed by atoms with Crippen molar-refractivity contribution in [2.45, 2.75) is 96.4 Å². The lowest BCUT2D eigenvalue weighted by atomic mass is 9.74. The molecular formula is C35H45F5O4. The monoisotopic (exact) mass is 624 g/mol. The molecule has 3 aliphatic rings. The smallest absolute Gasteiger partial charge is 0.400 e. The summed E-state index contributed by atoms with van der Waals surface area (Å²) < 4.78 is 93.5. The van der Waals surface area contributed by atoms with E-state index in [-0.39, 0.29) is 47.7 Å². The second-order valence-electron chi connectivity index (χ2n) is 12.9. The van der Waals surface area contributed by atoms with Gasteiger partial charge in [-0.05, 0) is 80.2 Å². The molecule has 0 radical (unpaired) electrons. The molecule has 0 amide bonds. The molecule has 2 aliphatic carbocycles. The number of rotatable bonds is 12. The number of benzene rings is 2. The van der Waals surface area contributed by atoms with Crippen molar-refractivity contribution in [3.63, 3.8) is 0 Å². The summed E-state index contributed by atoms with van der Waals surface area (Å²) >= 11 is 0. The predicted molar refractivity (Wildman–Crippen MR) is 158 cm³/mol. The summed E-state index contributed by atoms with van der Waals surface area (Å²) in [7, 11) is 0. The molecule has 2 saturated carbocycles. The lowest BCUT2D eigenvalue weighted by Crippen LogP contribution is -2.43. The van der Waals surface area contributed by atoms with Gasteiger partial charge in [-0.3, -0.25) is 0 Å². The van der Waals surface area contributed by atoms with Crippen molar-refractivity contribution in [2.24, 2.45) is 29.6 Å². The van der Waals surface area contributed by atoms with Crippen LogP contribution in [-0.4, -0.2) is 32.5 Å². The van der Waals surface area contributed by atoms with Crippen molar-refractivity contribution >= 4 is 0 Å². The van der Waals surface area contributed by atoms with Crippen LogP contribution >= 0.6 is 0 Å². The Kier molecular flexibility index (Phi) is 11.4. The van der Waals surface area contributed by atoms with Gasteiger partial charge in [0.2, 0.25) is 6.86 Å². The molecule has 0 unspecified atom stereocenters. The molecule has 1 saturated heterocycles. The molecular weight excluding hydrogens is 579 g/mol. The van der Waals surface area contributed by atoms with Crippen LogP contribution in [0.1, 0.15) is 84.0 Å². The summed E-state index contributed by atoms with van der Waals surface area (Å²) in [5.74, 6) is -1.33. The Morgan fingerprint density at radius 3 is 2.14 bits per heavy atom. The average molecular weight is 625 g/mol. The highest BCUT2D eigenvalue weighted by molar-refractivity contribution is 5.66. The molecule has 4 nitrogen and oxygen atoms in total. The van der Waals surface area contributed by atoms with E-state index in [1.54, 1.807) is 0 Å². The molecule has 0 spiro atoms. The summed E-state index contributed by atoms with van der Waals surface area (Å²) in [4.78, 5) is 0. The normalized spacial score (nSPS) is 28.0. The lowest BCUT2D eigenvalue weighted by molar-refractivity contribution is -0.251. The Morgan fingerprint density at radius 2 is 1.50 bits per heavy atom. The first-order chi connectivity index (χ1) is 21.3. The van der Waals surface area contributed by atoms with Crippen LogP contribution in [0, 0.1) is 41.2 Å². The van der Waals surface area contributed by atoms with Crippen LogP contribution in [0.3, 0.4) is 0 Å². The Labute approximate surface area is 257 Å². The number of hydrogen-bond donors (Lipinski definition) is 0. The van der Waals surface area contributed by atoms with Gasteiger partial charge < -0.3 is 18.9 Å². The molecule has 0 bridgehead atoms. The molecule has 1 heterocycles. The number of alkyl halides is 3. The van der Waals surface area contributed by atoms with E-state index in [1.807, 2.05) is 0 Å². The van der Waals surface area contributed by atoms with Gasteiger partial charge in [-0.25, -0.2) is 13.2 Å². The van der Waals surface area contributed by atoms with E-state index in [9.17, 15) is 13.2 Å². The fraction of sp³-hybridized carbons (Fsp3) is 0.657. The summed E-state index contributed by atoms with van der Waals surface area (Å²) in [6.07, 6.45) is 8.15. The minimum absolute atomic E-state index is 0.00307.